The first kappa shape index (κ1) is 12.7. The molecule has 0 heterocycles. The van der Waals surface area contributed by atoms with Gasteiger partial charge in [-0.1, -0.05) is 38.1 Å². The van der Waals surface area contributed by atoms with Crippen molar-refractivity contribution in [3.63, 3.8) is 0 Å². The molecule has 0 aliphatic heterocycles. The molecule has 3 heteroatoms. The molecule has 0 saturated heterocycles. The number of methoxy groups -OCH3 is 1. The molecule has 0 spiro atoms. The standard InChI is InChI=1S/C13H18O3/c1-9-7-5-6-8-10(9)13(2,3)11(16-4)12(14)15/h5-8,11H,1-4H3,(H,14,15). The molecule has 0 fully saturated rings. The number of hydrogen-bond acceptors (Lipinski definition) is 2. The molecular formula is C13H18O3. The van der Waals surface area contributed by atoms with Crippen molar-refractivity contribution in [3.8, 4) is 0 Å². The average molecular weight is 222 g/mol. The first-order chi connectivity index (χ1) is 7.41. The fourth-order valence-corrected chi connectivity index (χ4v) is 2.14. The summed E-state index contributed by atoms with van der Waals surface area (Å²) in [7, 11) is 1.43. The number of aryl methyl sites for hydroxylation is 1. The maximum atomic E-state index is 11.1. The quantitative estimate of drug-likeness (QED) is 0.850. The van der Waals surface area contributed by atoms with Crippen molar-refractivity contribution >= 4 is 5.97 Å². The Labute approximate surface area is 96.1 Å². The number of carbonyl (C=O) groups is 1. The smallest absolute Gasteiger partial charge is 0.333 e. The van der Waals surface area contributed by atoms with E-state index in [1.807, 2.05) is 45.0 Å². The Morgan fingerprint density at radius 1 is 1.38 bits per heavy atom. The van der Waals surface area contributed by atoms with Gasteiger partial charge in [-0.25, -0.2) is 4.79 Å². The molecule has 0 saturated carbocycles. The molecule has 0 aromatic heterocycles. The molecule has 1 aromatic carbocycles. The average Bonchev–Trinajstić information content (AvgIpc) is 2.17. The Morgan fingerprint density at radius 2 is 1.94 bits per heavy atom. The van der Waals surface area contributed by atoms with Crippen LogP contribution in [0.15, 0.2) is 24.3 Å². The topological polar surface area (TPSA) is 46.5 Å². The van der Waals surface area contributed by atoms with Crippen LogP contribution in [0.5, 0.6) is 0 Å². The van der Waals surface area contributed by atoms with Crippen molar-refractivity contribution in [2.75, 3.05) is 7.11 Å². The summed E-state index contributed by atoms with van der Waals surface area (Å²) in [5, 5.41) is 9.14. The third-order valence-electron chi connectivity index (χ3n) is 2.95. The van der Waals surface area contributed by atoms with Gasteiger partial charge >= 0.3 is 5.97 Å². The van der Waals surface area contributed by atoms with Gasteiger partial charge in [0.2, 0.25) is 0 Å². The lowest BCUT2D eigenvalue weighted by atomic mass is 9.77. The first-order valence-corrected chi connectivity index (χ1v) is 5.23. The number of benzene rings is 1. The summed E-state index contributed by atoms with van der Waals surface area (Å²) in [6, 6.07) is 7.78. The zero-order valence-electron chi connectivity index (χ0n) is 10.2. The van der Waals surface area contributed by atoms with E-state index in [0.717, 1.165) is 11.1 Å². The maximum Gasteiger partial charge on any atom is 0.333 e. The van der Waals surface area contributed by atoms with Gasteiger partial charge < -0.3 is 9.84 Å². The molecular weight excluding hydrogens is 204 g/mol. The fourth-order valence-electron chi connectivity index (χ4n) is 2.14. The van der Waals surface area contributed by atoms with Gasteiger partial charge in [-0.05, 0) is 18.1 Å². The van der Waals surface area contributed by atoms with E-state index in [1.165, 1.54) is 7.11 Å². The Hall–Kier alpha value is -1.35. The minimum atomic E-state index is -0.934. The maximum absolute atomic E-state index is 11.1. The molecule has 0 bridgehead atoms. The van der Waals surface area contributed by atoms with Gasteiger partial charge in [0.1, 0.15) is 0 Å². The second-order valence-electron chi connectivity index (χ2n) is 4.49. The Morgan fingerprint density at radius 3 is 2.38 bits per heavy atom. The molecule has 16 heavy (non-hydrogen) atoms. The Kier molecular flexibility index (Phi) is 3.70. The summed E-state index contributed by atoms with van der Waals surface area (Å²) < 4.78 is 5.09. The van der Waals surface area contributed by atoms with Gasteiger partial charge in [0.25, 0.3) is 0 Å². The Balaban J connectivity index is 3.19. The lowest BCUT2D eigenvalue weighted by Gasteiger charge is -2.32. The largest absolute Gasteiger partial charge is 0.479 e. The minimum Gasteiger partial charge on any atom is -0.479 e. The van der Waals surface area contributed by atoms with Crippen molar-refractivity contribution in [2.45, 2.75) is 32.3 Å². The number of carboxylic acid groups (broad SMARTS) is 1. The lowest BCUT2D eigenvalue weighted by molar-refractivity contribution is -0.152. The van der Waals surface area contributed by atoms with Crippen molar-refractivity contribution in [1.29, 1.82) is 0 Å². The van der Waals surface area contributed by atoms with Crippen LogP contribution in [-0.4, -0.2) is 24.3 Å². The second kappa shape index (κ2) is 4.66. The molecule has 1 aromatic rings. The molecule has 1 unspecified atom stereocenters. The van der Waals surface area contributed by atoms with Crippen LogP contribution in [-0.2, 0) is 14.9 Å². The van der Waals surface area contributed by atoms with Crippen molar-refractivity contribution in [2.24, 2.45) is 0 Å². The highest BCUT2D eigenvalue weighted by Crippen LogP contribution is 2.31. The lowest BCUT2D eigenvalue weighted by Crippen LogP contribution is -2.41. The minimum absolute atomic E-state index is 0.550. The van der Waals surface area contributed by atoms with E-state index in [1.54, 1.807) is 0 Å². The SMILES string of the molecule is COC(C(=O)O)C(C)(C)c1ccccc1C. The Bertz CT molecular complexity index is 383. The molecule has 88 valence electrons. The summed E-state index contributed by atoms with van der Waals surface area (Å²) in [5.74, 6) is -0.934. The van der Waals surface area contributed by atoms with Gasteiger partial charge in [-0.15, -0.1) is 0 Å². The van der Waals surface area contributed by atoms with Crippen LogP contribution in [0.2, 0.25) is 0 Å². The van der Waals surface area contributed by atoms with E-state index >= 15 is 0 Å². The third-order valence-corrected chi connectivity index (χ3v) is 2.95. The van der Waals surface area contributed by atoms with Gasteiger partial charge in [-0.2, -0.15) is 0 Å². The van der Waals surface area contributed by atoms with Crippen LogP contribution in [0.1, 0.15) is 25.0 Å². The molecule has 1 N–H and O–H groups in total. The van der Waals surface area contributed by atoms with Gasteiger partial charge in [-0.3, -0.25) is 0 Å². The number of aliphatic carboxylic acids is 1. The first-order valence-electron chi connectivity index (χ1n) is 5.23. The predicted molar refractivity (Wildman–Crippen MR) is 62.6 cm³/mol. The number of ether oxygens (including phenoxy) is 1. The third kappa shape index (κ3) is 2.25. The molecule has 0 radical (unpaired) electrons. The molecule has 0 aliphatic carbocycles. The van der Waals surface area contributed by atoms with E-state index in [0.29, 0.717) is 0 Å². The van der Waals surface area contributed by atoms with Crippen LogP contribution >= 0.6 is 0 Å². The number of carboxylic acids is 1. The van der Waals surface area contributed by atoms with E-state index in [9.17, 15) is 4.79 Å². The predicted octanol–water partition coefficient (Wildman–Crippen LogP) is 2.37. The summed E-state index contributed by atoms with van der Waals surface area (Å²) in [4.78, 5) is 11.1. The van der Waals surface area contributed by atoms with E-state index in [4.69, 9.17) is 9.84 Å². The van der Waals surface area contributed by atoms with Crippen LogP contribution in [0, 0.1) is 6.92 Å². The summed E-state index contributed by atoms with van der Waals surface area (Å²) in [5.41, 5.74) is 1.53. The van der Waals surface area contributed by atoms with E-state index in [-0.39, 0.29) is 0 Å². The molecule has 0 amide bonds. The van der Waals surface area contributed by atoms with Crippen LogP contribution in [0.3, 0.4) is 0 Å². The highest BCUT2D eigenvalue weighted by molar-refractivity contribution is 5.75. The van der Waals surface area contributed by atoms with Gasteiger partial charge in [0.15, 0.2) is 6.10 Å². The molecule has 0 aliphatic rings. The zero-order valence-corrected chi connectivity index (χ0v) is 10.2. The summed E-state index contributed by atoms with van der Waals surface area (Å²) >= 11 is 0. The zero-order chi connectivity index (χ0) is 12.3. The molecule has 3 nitrogen and oxygen atoms in total. The van der Waals surface area contributed by atoms with Crippen LogP contribution < -0.4 is 0 Å². The number of hydrogen-bond donors (Lipinski definition) is 1. The van der Waals surface area contributed by atoms with Crippen LogP contribution in [0.25, 0.3) is 0 Å². The summed E-state index contributed by atoms with van der Waals surface area (Å²) in [6.45, 7) is 5.75. The molecule has 1 atom stereocenters. The monoisotopic (exact) mass is 222 g/mol. The fraction of sp³-hybridized carbons (Fsp3) is 0.462. The van der Waals surface area contributed by atoms with Gasteiger partial charge in [0.05, 0.1) is 0 Å². The van der Waals surface area contributed by atoms with E-state index < -0.39 is 17.5 Å². The van der Waals surface area contributed by atoms with Crippen molar-refractivity contribution in [1.82, 2.24) is 0 Å². The van der Waals surface area contributed by atoms with Crippen LogP contribution in [0.4, 0.5) is 0 Å². The van der Waals surface area contributed by atoms with E-state index in [2.05, 4.69) is 0 Å². The van der Waals surface area contributed by atoms with Crippen molar-refractivity contribution < 1.29 is 14.6 Å². The van der Waals surface area contributed by atoms with Gasteiger partial charge in [0, 0.05) is 12.5 Å². The molecule has 1 rings (SSSR count). The second-order valence-corrected chi connectivity index (χ2v) is 4.49. The highest BCUT2D eigenvalue weighted by atomic mass is 16.5. The normalized spacial score (nSPS) is 13.5. The van der Waals surface area contributed by atoms with Crippen molar-refractivity contribution in [3.05, 3.63) is 35.4 Å². The summed E-state index contributed by atoms with van der Waals surface area (Å²) in [6.07, 6.45) is -0.839. The highest BCUT2D eigenvalue weighted by Gasteiger charge is 2.37. The number of rotatable bonds is 4.